The van der Waals surface area contributed by atoms with E-state index in [2.05, 4.69) is 10.6 Å². The summed E-state index contributed by atoms with van der Waals surface area (Å²) in [5.41, 5.74) is 0.928. The number of alkyl halides is 2. The van der Waals surface area contributed by atoms with Crippen LogP contribution in [0.3, 0.4) is 0 Å². The first-order valence-electron chi connectivity index (χ1n) is 9.04. The maximum absolute atomic E-state index is 12.6. The van der Waals surface area contributed by atoms with Gasteiger partial charge in [0.2, 0.25) is 15.7 Å². The van der Waals surface area contributed by atoms with Gasteiger partial charge < -0.3 is 10.6 Å². The standard InChI is InChI=1S/C20H20F2N2O4S/c21-20(22)29(27,28)16-10-6-14(7-11-16)18(25)24-17(19(26)23-15-8-9-15)12-13-4-2-1-3-5-13/h1-7,10-11,15,17,20H,8-9,12H2,(H,23,26)(H,24,25). The van der Waals surface area contributed by atoms with E-state index in [4.69, 9.17) is 0 Å². The van der Waals surface area contributed by atoms with Crippen LogP contribution in [-0.4, -0.2) is 38.1 Å². The van der Waals surface area contributed by atoms with Gasteiger partial charge in [0.1, 0.15) is 6.04 Å². The van der Waals surface area contributed by atoms with E-state index < -0.39 is 32.4 Å². The molecule has 0 spiro atoms. The van der Waals surface area contributed by atoms with E-state index in [0.717, 1.165) is 42.7 Å². The van der Waals surface area contributed by atoms with E-state index in [0.29, 0.717) is 0 Å². The average Bonchev–Trinajstić information content (AvgIpc) is 3.52. The molecule has 0 aliphatic heterocycles. The molecular weight excluding hydrogens is 402 g/mol. The van der Waals surface area contributed by atoms with Gasteiger partial charge in [0, 0.05) is 18.0 Å². The second kappa shape index (κ2) is 8.69. The number of benzene rings is 2. The minimum atomic E-state index is -4.73. The topological polar surface area (TPSA) is 92.3 Å². The summed E-state index contributed by atoms with van der Waals surface area (Å²) in [5, 5.41) is 5.50. The molecule has 2 amide bonds. The number of rotatable bonds is 8. The first-order valence-corrected chi connectivity index (χ1v) is 10.6. The Balaban J connectivity index is 1.74. The summed E-state index contributed by atoms with van der Waals surface area (Å²) in [6.07, 6.45) is 2.08. The molecule has 1 aliphatic rings. The highest BCUT2D eigenvalue weighted by Gasteiger charge is 2.29. The van der Waals surface area contributed by atoms with E-state index in [-0.39, 0.29) is 23.9 Å². The molecule has 0 aromatic heterocycles. The predicted octanol–water partition coefficient (Wildman–Crippen LogP) is 2.30. The van der Waals surface area contributed by atoms with Crippen LogP contribution in [0.25, 0.3) is 0 Å². The number of amides is 2. The second-order valence-electron chi connectivity index (χ2n) is 6.83. The number of hydrogen-bond donors (Lipinski definition) is 2. The van der Waals surface area contributed by atoms with E-state index in [1.54, 1.807) is 0 Å². The molecule has 1 aliphatic carbocycles. The fourth-order valence-corrected chi connectivity index (χ4v) is 3.45. The molecule has 1 atom stereocenters. The zero-order valence-corrected chi connectivity index (χ0v) is 16.2. The van der Waals surface area contributed by atoms with Crippen LogP contribution in [0.1, 0.15) is 28.8 Å². The summed E-state index contributed by atoms with van der Waals surface area (Å²) < 4.78 is 48.2. The molecule has 2 N–H and O–H groups in total. The molecule has 154 valence electrons. The van der Waals surface area contributed by atoms with Crippen molar-refractivity contribution in [2.45, 2.75) is 42.0 Å². The third-order valence-electron chi connectivity index (χ3n) is 4.51. The van der Waals surface area contributed by atoms with Crippen LogP contribution in [0, 0.1) is 0 Å². The van der Waals surface area contributed by atoms with Crippen LogP contribution in [-0.2, 0) is 21.1 Å². The maximum atomic E-state index is 12.6. The van der Waals surface area contributed by atoms with Crippen LogP contribution in [0.15, 0.2) is 59.5 Å². The molecule has 0 heterocycles. The number of sulfone groups is 1. The smallest absolute Gasteiger partial charge is 0.341 e. The summed E-state index contributed by atoms with van der Waals surface area (Å²) in [5.74, 6) is -4.44. The van der Waals surface area contributed by atoms with Gasteiger partial charge in [-0.05, 0) is 42.7 Å². The summed E-state index contributed by atoms with van der Waals surface area (Å²) in [6, 6.07) is 12.7. The van der Waals surface area contributed by atoms with Crippen LogP contribution >= 0.6 is 0 Å². The fraction of sp³-hybridized carbons (Fsp3) is 0.300. The first kappa shape index (κ1) is 20.9. The highest BCUT2D eigenvalue weighted by Crippen LogP contribution is 2.20. The van der Waals surface area contributed by atoms with Crippen LogP contribution < -0.4 is 10.6 Å². The number of nitrogens with one attached hydrogen (secondary N) is 2. The van der Waals surface area contributed by atoms with Gasteiger partial charge in [-0.2, -0.15) is 8.78 Å². The third kappa shape index (κ3) is 5.38. The van der Waals surface area contributed by atoms with Gasteiger partial charge >= 0.3 is 5.76 Å². The van der Waals surface area contributed by atoms with Gasteiger partial charge in [-0.15, -0.1) is 0 Å². The molecule has 6 nitrogen and oxygen atoms in total. The van der Waals surface area contributed by atoms with Crippen LogP contribution in [0.2, 0.25) is 0 Å². The number of halogens is 2. The zero-order chi connectivity index (χ0) is 21.0. The summed E-state index contributed by atoms with van der Waals surface area (Å²) >= 11 is 0. The van der Waals surface area contributed by atoms with Gasteiger partial charge in [0.25, 0.3) is 5.91 Å². The molecule has 0 saturated heterocycles. The van der Waals surface area contributed by atoms with Crippen molar-refractivity contribution in [1.29, 1.82) is 0 Å². The Kier molecular flexibility index (Phi) is 6.26. The normalized spacial score (nSPS) is 15.0. The second-order valence-corrected chi connectivity index (χ2v) is 8.75. The Hall–Kier alpha value is -2.81. The van der Waals surface area contributed by atoms with Gasteiger partial charge in [-0.3, -0.25) is 9.59 Å². The van der Waals surface area contributed by atoms with Gasteiger partial charge in [-0.25, -0.2) is 8.42 Å². The van der Waals surface area contributed by atoms with Gasteiger partial charge in [0.15, 0.2) is 0 Å². The molecule has 0 bridgehead atoms. The predicted molar refractivity (Wildman–Crippen MR) is 102 cm³/mol. The van der Waals surface area contributed by atoms with E-state index in [1.807, 2.05) is 30.3 Å². The van der Waals surface area contributed by atoms with Crippen molar-refractivity contribution < 1.29 is 26.8 Å². The summed E-state index contributed by atoms with van der Waals surface area (Å²) in [6.45, 7) is 0. The summed E-state index contributed by atoms with van der Waals surface area (Å²) in [7, 11) is -4.73. The number of carbonyl (C=O) groups excluding carboxylic acids is 2. The molecule has 29 heavy (non-hydrogen) atoms. The largest absolute Gasteiger partial charge is 0.352 e. The maximum Gasteiger partial charge on any atom is 0.341 e. The van der Waals surface area contributed by atoms with Crippen molar-refractivity contribution in [2.75, 3.05) is 0 Å². The van der Waals surface area contributed by atoms with Crippen molar-refractivity contribution in [1.82, 2.24) is 10.6 Å². The molecule has 3 rings (SSSR count). The average molecular weight is 422 g/mol. The Morgan fingerprint density at radius 3 is 2.17 bits per heavy atom. The molecule has 1 fully saturated rings. The lowest BCUT2D eigenvalue weighted by Crippen LogP contribution is -2.48. The quantitative estimate of drug-likeness (QED) is 0.683. The minimum absolute atomic E-state index is 0.0653. The monoisotopic (exact) mass is 422 g/mol. The van der Waals surface area contributed by atoms with Crippen molar-refractivity contribution in [2.24, 2.45) is 0 Å². The van der Waals surface area contributed by atoms with E-state index >= 15 is 0 Å². The van der Waals surface area contributed by atoms with Gasteiger partial charge in [-0.1, -0.05) is 30.3 Å². The minimum Gasteiger partial charge on any atom is -0.352 e. The third-order valence-corrected chi connectivity index (χ3v) is 5.91. The molecule has 2 aromatic rings. The SMILES string of the molecule is O=C(NC(Cc1ccccc1)C(=O)NC1CC1)c1ccc(S(=O)(=O)C(F)F)cc1. The summed E-state index contributed by atoms with van der Waals surface area (Å²) in [4.78, 5) is 24.5. The fourth-order valence-electron chi connectivity index (χ4n) is 2.73. The van der Waals surface area contributed by atoms with E-state index in [1.165, 1.54) is 0 Å². The van der Waals surface area contributed by atoms with Crippen LogP contribution in [0.4, 0.5) is 8.78 Å². The Morgan fingerprint density at radius 1 is 1.00 bits per heavy atom. The molecule has 9 heteroatoms. The zero-order valence-electron chi connectivity index (χ0n) is 15.3. The molecule has 1 saturated carbocycles. The molecule has 2 aromatic carbocycles. The first-order chi connectivity index (χ1) is 13.8. The van der Waals surface area contributed by atoms with E-state index in [9.17, 15) is 26.8 Å². The number of hydrogen-bond acceptors (Lipinski definition) is 4. The number of carbonyl (C=O) groups is 2. The van der Waals surface area contributed by atoms with Crippen LogP contribution in [0.5, 0.6) is 0 Å². The van der Waals surface area contributed by atoms with Gasteiger partial charge in [0.05, 0.1) is 4.90 Å². The lowest BCUT2D eigenvalue weighted by Gasteiger charge is -2.19. The van der Waals surface area contributed by atoms with Crippen molar-refractivity contribution in [3.8, 4) is 0 Å². The molecular formula is C20H20F2N2O4S. The molecule has 0 radical (unpaired) electrons. The lowest BCUT2D eigenvalue weighted by molar-refractivity contribution is -0.123. The molecule has 1 unspecified atom stereocenters. The highest BCUT2D eigenvalue weighted by molar-refractivity contribution is 7.91. The Bertz CT molecular complexity index is 975. The van der Waals surface area contributed by atoms with Crippen molar-refractivity contribution in [3.63, 3.8) is 0 Å². The van der Waals surface area contributed by atoms with Crippen molar-refractivity contribution in [3.05, 3.63) is 65.7 Å². The lowest BCUT2D eigenvalue weighted by atomic mass is 10.0. The van der Waals surface area contributed by atoms with Crippen molar-refractivity contribution >= 4 is 21.7 Å². The Labute approximate surface area is 167 Å². The highest BCUT2D eigenvalue weighted by atomic mass is 32.2. The Morgan fingerprint density at radius 2 is 1.62 bits per heavy atom.